The Labute approximate surface area is 268 Å². The van der Waals surface area contributed by atoms with Crippen LogP contribution in [0.2, 0.25) is 10.0 Å². The second kappa shape index (κ2) is 15.5. The van der Waals surface area contributed by atoms with E-state index in [-0.39, 0.29) is 40.4 Å². The van der Waals surface area contributed by atoms with Crippen LogP contribution in [-0.4, -0.2) is 49.9 Å². The summed E-state index contributed by atoms with van der Waals surface area (Å²) in [6.07, 6.45) is 0.190. The molecule has 45 heavy (non-hydrogen) atoms. The number of hydrogen-bond acceptors (Lipinski definition) is 9. The number of hydrogen-bond donors (Lipinski definition) is 4. The molecule has 0 aromatic heterocycles. The molecule has 238 valence electrons. The molecule has 3 aromatic rings. The normalized spacial score (nSPS) is 15.3. The summed E-state index contributed by atoms with van der Waals surface area (Å²) in [7, 11) is 1.26. The van der Waals surface area contributed by atoms with Gasteiger partial charge in [-0.3, -0.25) is 5.43 Å². The fraction of sp³-hybridized carbons (Fsp3) is 0.258. The van der Waals surface area contributed by atoms with E-state index in [4.69, 9.17) is 42.1 Å². The predicted octanol–water partition coefficient (Wildman–Crippen LogP) is 5.23. The summed E-state index contributed by atoms with van der Waals surface area (Å²) in [5.41, 5.74) is 4.88. The van der Waals surface area contributed by atoms with Crippen molar-refractivity contribution in [2.75, 3.05) is 20.3 Å². The lowest BCUT2D eigenvalue weighted by atomic mass is 9.95. The quantitative estimate of drug-likeness (QED) is 0.0846. The van der Waals surface area contributed by atoms with E-state index in [1.807, 2.05) is 0 Å². The van der Waals surface area contributed by atoms with E-state index in [9.17, 15) is 19.1 Å². The minimum Gasteiger partial charge on any atom is -0.490 e. The maximum absolute atomic E-state index is 13.4. The van der Waals surface area contributed by atoms with Crippen LogP contribution >= 0.6 is 23.2 Å². The highest BCUT2D eigenvalue weighted by Crippen LogP contribution is 2.36. The standard InChI is InChI=1S/C31H31Cl2FN4O7/c1-4-43-25-13-20(28-27(30(40)42-3)17(2)36-31(41)37-28)8-9-24(25)44-16-26(39)38-35-14-19-11-22(32)29(23(33)12-19)45-15-18-6-5-7-21(34)10-18/h5-14,26,28,38-39H,4,15-16H2,1-3H3,(H2,36,37,41)/b35-14-/t26-,28+/m0/s1. The van der Waals surface area contributed by atoms with Gasteiger partial charge in [-0.1, -0.05) is 41.4 Å². The van der Waals surface area contributed by atoms with Gasteiger partial charge < -0.3 is 34.7 Å². The van der Waals surface area contributed by atoms with Gasteiger partial charge in [-0.05, 0) is 66.9 Å². The number of hydrazone groups is 1. The summed E-state index contributed by atoms with van der Waals surface area (Å²) >= 11 is 12.7. The second-order valence-electron chi connectivity index (χ2n) is 9.65. The van der Waals surface area contributed by atoms with E-state index >= 15 is 0 Å². The molecular formula is C31H31Cl2FN4O7. The molecule has 0 saturated carbocycles. The zero-order valence-electron chi connectivity index (χ0n) is 24.5. The van der Waals surface area contributed by atoms with Crippen molar-refractivity contribution in [3.05, 3.63) is 98.4 Å². The van der Waals surface area contributed by atoms with Gasteiger partial charge in [-0.2, -0.15) is 5.10 Å². The summed E-state index contributed by atoms with van der Waals surface area (Å²) in [4.78, 5) is 24.6. The lowest BCUT2D eigenvalue weighted by Gasteiger charge is -2.28. The molecule has 1 aliphatic heterocycles. The van der Waals surface area contributed by atoms with Gasteiger partial charge in [0.15, 0.2) is 23.5 Å². The van der Waals surface area contributed by atoms with Crippen molar-refractivity contribution >= 4 is 41.4 Å². The fourth-order valence-corrected chi connectivity index (χ4v) is 5.01. The van der Waals surface area contributed by atoms with Gasteiger partial charge in [-0.25, -0.2) is 14.0 Å². The zero-order chi connectivity index (χ0) is 32.5. The maximum Gasteiger partial charge on any atom is 0.337 e. The van der Waals surface area contributed by atoms with Crippen LogP contribution in [0.25, 0.3) is 0 Å². The third kappa shape index (κ3) is 8.78. The molecule has 11 nitrogen and oxygen atoms in total. The maximum atomic E-state index is 13.4. The molecule has 14 heteroatoms. The van der Waals surface area contributed by atoms with Crippen molar-refractivity contribution in [1.29, 1.82) is 0 Å². The lowest BCUT2D eigenvalue weighted by Crippen LogP contribution is -2.45. The minimum absolute atomic E-state index is 0.0754. The van der Waals surface area contributed by atoms with Crippen LogP contribution in [0, 0.1) is 5.82 Å². The Bertz CT molecular complexity index is 1600. The summed E-state index contributed by atoms with van der Waals surface area (Å²) in [6.45, 7) is 3.58. The van der Waals surface area contributed by atoms with Gasteiger partial charge in [0.1, 0.15) is 19.0 Å². The Morgan fingerprint density at radius 2 is 1.87 bits per heavy atom. The van der Waals surface area contributed by atoms with Crippen molar-refractivity contribution in [3.8, 4) is 17.2 Å². The van der Waals surface area contributed by atoms with Crippen molar-refractivity contribution in [3.63, 3.8) is 0 Å². The van der Waals surface area contributed by atoms with Gasteiger partial charge in [0.05, 0.1) is 41.6 Å². The molecule has 0 unspecified atom stereocenters. The number of nitrogens with one attached hydrogen (secondary N) is 3. The lowest BCUT2D eigenvalue weighted by molar-refractivity contribution is -0.136. The van der Waals surface area contributed by atoms with E-state index in [0.717, 1.165) is 0 Å². The highest BCUT2D eigenvalue weighted by molar-refractivity contribution is 6.37. The molecule has 2 atom stereocenters. The van der Waals surface area contributed by atoms with Crippen molar-refractivity contribution in [2.45, 2.75) is 32.7 Å². The van der Waals surface area contributed by atoms with E-state index in [1.165, 1.54) is 25.5 Å². The molecule has 0 spiro atoms. The van der Waals surface area contributed by atoms with Crippen LogP contribution in [0.5, 0.6) is 17.2 Å². The molecule has 3 aromatic carbocycles. The summed E-state index contributed by atoms with van der Waals surface area (Å²) < 4.78 is 35.5. The fourth-order valence-electron chi connectivity index (χ4n) is 4.39. The molecule has 1 heterocycles. The topological polar surface area (TPSA) is 140 Å². The Morgan fingerprint density at radius 1 is 1.11 bits per heavy atom. The van der Waals surface area contributed by atoms with E-state index < -0.39 is 24.3 Å². The number of ether oxygens (including phenoxy) is 4. The molecule has 2 amide bonds. The third-order valence-corrected chi connectivity index (χ3v) is 6.96. The molecule has 4 N–H and O–H groups in total. The van der Waals surface area contributed by atoms with Gasteiger partial charge in [-0.15, -0.1) is 0 Å². The number of aliphatic hydroxyl groups is 1. The van der Waals surface area contributed by atoms with Crippen molar-refractivity contribution < 1.29 is 38.0 Å². The van der Waals surface area contributed by atoms with Crippen LogP contribution in [0.15, 0.2) is 71.0 Å². The monoisotopic (exact) mass is 660 g/mol. The molecule has 4 rings (SSSR count). The Kier molecular flexibility index (Phi) is 11.5. The van der Waals surface area contributed by atoms with Gasteiger partial charge in [0.2, 0.25) is 0 Å². The van der Waals surface area contributed by atoms with Crippen LogP contribution in [-0.2, 0) is 16.1 Å². The third-order valence-electron chi connectivity index (χ3n) is 6.40. The number of carbonyl (C=O) groups is 2. The summed E-state index contributed by atoms with van der Waals surface area (Å²) in [6, 6.07) is 12.8. The zero-order valence-corrected chi connectivity index (χ0v) is 26.0. The predicted molar refractivity (Wildman–Crippen MR) is 166 cm³/mol. The van der Waals surface area contributed by atoms with E-state index in [0.29, 0.717) is 40.5 Å². The first kappa shape index (κ1) is 33.4. The Morgan fingerprint density at radius 3 is 2.56 bits per heavy atom. The van der Waals surface area contributed by atoms with Crippen molar-refractivity contribution in [1.82, 2.24) is 16.1 Å². The highest BCUT2D eigenvalue weighted by Gasteiger charge is 2.32. The first-order valence-corrected chi connectivity index (χ1v) is 14.4. The Hall–Kier alpha value is -4.52. The number of methoxy groups -OCH3 is 1. The van der Waals surface area contributed by atoms with Gasteiger partial charge in [0.25, 0.3) is 0 Å². The molecule has 0 bridgehead atoms. The number of aliphatic hydroxyl groups excluding tert-OH is 1. The second-order valence-corrected chi connectivity index (χ2v) is 10.5. The number of amides is 2. The average molecular weight is 662 g/mol. The number of esters is 1. The number of allylic oxidation sites excluding steroid dienone is 1. The van der Waals surface area contributed by atoms with Crippen LogP contribution in [0.1, 0.15) is 36.6 Å². The number of rotatable bonds is 13. The smallest absolute Gasteiger partial charge is 0.337 e. The molecule has 0 radical (unpaired) electrons. The number of carbonyl (C=O) groups excluding carboxylic acids is 2. The van der Waals surface area contributed by atoms with E-state index in [2.05, 4.69) is 21.2 Å². The van der Waals surface area contributed by atoms with Crippen LogP contribution < -0.4 is 30.3 Å². The number of nitrogens with zero attached hydrogens (tertiary/aromatic N) is 1. The molecule has 1 aliphatic rings. The molecule has 0 aliphatic carbocycles. The number of benzene rings is 3. The average Bonchev–Trinajstić information content (AvgIpc) is 2.99. The SMILES string of the molecule is CCOc1cc([C@H]2NC(=O)NC(C)=C2C(=O)OC)ccc1OC[C@H](O)N/N=C\c1cc(Cl)c(OCc2cccc(F)c2)c(Cl)c1. The first-order valence-electron chi connectivity index (χ1n) is 13.7. The highest BCUT2D eigenvalue weighted by atomic mass is 35.5. The molecule has 0 fully saturated rings. The largest absolute Gasteiger partial charge is 0.490 e. The van der Waals surface area contributed by atoms with Gasteiger partial charge in [0, 0.05) is 5.70 Å². The first-order chi connectivity index (χ1) is 21.6. The van der Waals surface area contributed by atoms with Gasteiger partial charge >= 0.3 is 12.0 Å². The summed E-state index contributed by atoms with van der Waals surface area (Å²) in [5, 5.41) is 20.2. The molecule has 0 saturated heterocycles. The Balaban J connectivity index is 1.37. The minimum atomic E-state index is -1.21. The summed E-state index contributed by atoms with van der Waals surface area (Å²) in [5.74, 6) is -0.0669. The number of halogens is 3. The van der Waals surface area contributed by atoms with Crippen LogP contribution in [0.3, 0.4) is 0 Å². The van der Waals surface area contributed by atoms with Crippen LogP contribution in [0.4, 0.5) is 9.18 Å². The van der Waals surface area contributed by atoms with E-state index in [1.54, 1.807) is 56.3 Å². The molecular weight excluding hydrogens is 630 g/mol. The van der Waals surface area contributed by atoms with Crippen molar-refractivity contribution in [2.24, 2.45) is 5.10 Å². The number of urea groups is 1.